The Kier molecular flexibility index (Phi) is 3.51. The van der Waals surface area contributed by atoms with Crippen molar-refractivity contribution in [2.45, 2.75) is 20.8 Å². The van der Waals surface area contributed by atoms with Crippen molar-refractivity contribution >= 4 is 11.6 Å². The Bertz CT molecular complexity index is 687. The molecule has 0 fully saturated rings. The van der Waals surface area contributed by atoms with Gasteiger partial charge in [-0.2, -0.15) is 0 Å². The summed E-state index contributed by atoms with van der Waals surface area (Å²) in [6.45, 7) is 5.75. The lowest BCUT2D eigenvalue weighted by Gasteiger charge is -2.08. The Hall–Kier alpha value is -2.36. The lowest BCUT2D eigenvalue weighted by Crippen LogP contribution is -2.16. The fourth-order valence-corrected chi connectivity index (χ4v) is 1.84. The second kappa shape index (κ2) is 5.10. The SMILES string of the molecule is Cc1cc(C(=O)Nc2ccc(C)c(C)c2)cc(=O)[nH]1. The average molecular weight is 256 g/mol. The third-order valence-electron chi connectivity index (χ3n) is 3.01. The quantitative estimate of drug-likeness (QED) is 0.867. The number of nitrogens with one attached hydrogen (secondary N) is 2. The number of amides is 1. The molecule has 4 heteroatoms. The van der Waals surface area contributed by atoms with Crippen LogP contribution in [0, 0.1) is 20.8 Å². The second-order valence-electron chi connectivity index (χ2n) is 4.67. The van der Waals surface area contributed by atoms with Gasteiger partial charge in [0.2, 0.25) is 5.56 Å². The van der Waals surface area contributed by atoms with Crippen LogP contribution in [0.25, 0.3) is 0 Å². The van der Waals surface area contributed by atoms with Gasteiger partial charge in [-0.1, -0.05) is 6.07 Å². The summed E-state index contributed by atoms with van der Waals surface area (Å²) in [4.78, 5) is 26.0. The van der Waals surface area contributed by atoms with E-state index in [2.05, 4.69) is 10.3 Å². The first kappa shape index (κ1) is 13.1. The molecule has 1 aromatic heterocycles. The van der Waals surface area contributed by atoms with Gasteiger partial charge in [0.25, 0.3) is 5.91 Å². The Morgan fingerprint density at radius 1 is 1.05 bits per heavy atom. The van der Waals surface area contributed by atoms with Crippen molar-refractivity contribution in [3.63, 3.8) is 0 Å². The van der Waals surface area contributed by atoms with Crippen molar-refractivity contribution in [2.24, 2.45) is 0 Å². The Morgan fingerprint density at radius 2 is 1.79 bits per heavy atom. The lowest BCUT2D eigenvalue weighted by molar-refractivity contribution is 0.102. The standard InChI is InChI=1S/C15H16N2O2/c1-9-4-5-13(6-10(9)2)17-15(19)12-7-11(3)16-14(18)8-12/h4-8H,1-3H3,(H,16,18)(H,17,19). The Morgan fingerprint density at radius 3 is 2.42 bits per heavy atom. The number of carbonyl (C=O) groups excluding carboxylic acids is 1. The van der Waals surface area contributed by atoms with Gasteiger partial charge in [-0.05, 0) is 50.1 Å². The van der Waals surface area contributed by atoms with Gasteiger partial charge in [0.05, 0.1) is 0 Å². The van der Waals surface area contributed by atoms with Gasteiger partial charge in [0.15, 0.2) is 0 Å². The number of carbonyl (C=O) groups is 1. The van der Waals surface area contributed by atoms with E-state index in [0.29, 0.717) is 11.3 Å². The number of hydrogen-bond acceptors (Lipinski definition) is 2. The first-order valence-corrected chi connectivity index (χ1v) is 6.05. The van der Waals surface area contributed by atoms with Gasteiger partial charge in [0, 0.05) is 23.0 Å². The first-order valence-electron chi connectivity index (χ1n) is 6.05. The van der Waals surface area contributed by atoms with Crippen molar-refractivity contribution in [1.82, 2.24) is 4.98 Å². The number of aromatic amines is 1. The number of anilines is 1. The van der Waals surface area contributed by atoms with Crippen LogP contribution in [0.2, 0.25) is 0 Å². The zero-order valence-corrected chi connectivity index (χ0v) is 11.2. The zero-order chi connectivity index (χ0) is 14.0. The van der Waals surface area contributed by atoms with Gasteiger partial charge < -0.3 is 10.3 Å². The fourth-order valence-electron chi connectivity index (χ4n) is 1.84. The number of aryl methyl sites for hydroxylation is 3. The van der Waals surface area contributed by atoms with Crippen LogP contribution in [0.15, 0.2) is 35.1 Å². The number of benzene rings is 1. The maximum Gasteiger partial charge on any atom is 0.255 e. The molecule has 0 unspecified atom stereocenters. The average Bonchev–Trinajstić information content (AvgIpc) is 2.32. The maximum absolute atomic E-state index is 12.1. The Labute approximate surface area is 111 Å². The molecule has 4 nitrogen and oxygen atoms in total. The summed E-state index contributed by atoms with van der Waals surface area (Å²) in [5.41, 5.74) is 3.76. The fraction of sp³-hybridized carbons (Fsp3) is 0.200. The van der Waals surface area contributed by atoms with Crippen LogP contribution in [0.5, 0.6) is 0 Å². The van der Waals surface area contributed by atoms with Crippen LogP contribution in [0.3, 0.4) is 0 Å². The smallest absolute Gasteiger partial charge is 0.255 e. The summed E-state index contributed by atoms with van der Waals surface area (Å²) in [6.07, 6.45) is 0. The third-order valence-corrected chi connectivity index (χ3v) is 3.01. The van der Waals surface area contributed by atoms with Crippen LogP contribution >= 0.6 is 0 Å². The van der Waals surface area contributed by atoms with Crippen LogP contribution in [0.4, 0.5) is 5.69 Å². The molecule has 1 amide bonds. The van der Waals surface area contributed by atoms with E-state index < -0.39 is 0 Å². The predicted molar refractivity (Wildman–Crippen MR) is 75.7 cm³/mol. The lowest BCUT2D eigenvalue weighted by atomic mass is 10.1. The highest BCUT2D eigenvalue weighted by Gasteiger charge is 2.08. The number of hydrogen-bond donors (Lipinski definition) is 2. The van der Waals surface area contributed by atoms with E-state index in [1.165, 1.54) is 11.6 Å². The minimum Gasteiger partial charge on any atom is -0.326 e. The molecule has 0 aliphatic carbocycles. The van der Waals surface area contributed by atoms with Crippen molar-refractivity contribution in [3.8, 4) is 0 Å². The minimum atomic E-state index is -0.280. The van der Waals surface area contributed by atoms with E-state index in [1.807, 2.05) is 32.0 Å². The summed E-state index contributed by atoms with van der Waals surface area (Å²) in [7, 11) is 0. The molecular weight excluding hydrogens is 240 g/mol. The monoisotopic (exact) mass is 256 g/mol. The number of H-pyrrole nitrogens is 1. The highest BCUT2D eigenvalue weighted by atomic mass is 16.2. The highest BCUT2D eigenvalue weighted by molar-refractivity contribution is 6.04. The molecular formula is C15H16N2O2. The van der Waals surface area contributed by atoms with Crippen molar-refractivity contribution < 1.29 is 4.79 Å². The van der Waals surface area contributed by atoms with Gasteiger partial charge in [-0.3, -0.25) is 9.59 Å². The summed E-state index contributed by atoms with van der Waals surface area (Å²) in [6, 6.07) is 8.66. The number of rotatable bonds is 2. The van der Waals surface area contributed by atoms with Crippen LogP contribution < -0.4 is 10.9 Å². The number of pyridine rings is 1. The molecule has 0 aliphatic heterocycles. The summed E-state index contributed by atoms with van der Waals surface area (Å²) < 4.78 is 0. The van der Waals surface area contributed by atoms with Gasteiger partial charge in [0.1, 0.15) is 0 Å². The second-order valence-corrected chi connectivity index (χ2v) is 4.67. The maximum atomic E-state index is 12.1. The molecule has 2 aromatic rings. The normalized spacial score (nSPS) is 10.3. The molecule has 2 rings (SSSR count). The van der Waals surface area contributed by atoms with Crippen molar-refractivity contribution in [1.29, 1.82) is 0 Å². The van der Waals surface area contributed by atoms with E-state index in [-0.39, 0.29) is 11.5 Å². The van der Waals surface area contributed by atoms with Gasteiger partial charge in [-0.25, -0.2) is 0 Å². The summed E-state index contributed by atoms with van der Waals surface area (Å²) >= 11 is 0. The molecule has 19 heavy (non-hydrogen) atoms. The topological polar surface area (TPSA) is 62.0 Å². The van der Waals surface area contributed by atoms with E-state index in [0.717, 1.165) is 11.3 Å². The molecule has 98 valence electrons. The molecule has 0 aliphatic rings. The van der Waals surface area contributed by atoms with E-state index >= 15 is 0 Å². The van der Waals surface area contributed by atoms with Crippen molar-refractivity contribution in [2.75, 3.05) is 5.32 Å². The molecule has 0 saturated carbocycles. The summed E-state index contributed by atoms with van der Waals surface area (Å²) in [5.74, 6) is -0.280. The largest absolute Gasteiger partial charge is 0.326 e. The van der Waals surface area contributed by atoms with E-state index in [1.54, 1.807) is 13.0 Å². The van der Waals surface area contributed by atoms with Crippen molar-refractivity contribution in [3.05, 3.63) is 63.1 Å². The van der Waals surface area contributed by atoms with Crippen LogP contribution in [-0.2, 0) is 0 Å². The molecule has 0 atom stereocenters. The van der Waals surface area contributed by atoms with E-state index in [9.17, 15) is 9.59 Å². The van der Waals surface area contributed by atoms with Crippen LogP contribution in [0.1, 0.15) is 27.2 Å². The molecule has 1 aromatic carbocycles. The van der Waals surface area contributed by atoms with E-state index in [4.69, 9.17) is 0 Å². The third kappa shape index (κ3) is 3.10. The summed E-state index contributed by atoms with van der Waals surface area (Å²) in [5, 5.41) is 2.79. The molecule has 1 heterocycles. The molecule has 0 saturated heterocycles. The molecule has 0 bridgehead atoms. The minimum absolute atomic E-state index is 0.273. The Balaban J connectivity index is 2.25. The molecule has 0 spiro atoms. The van der Waals surface area contributed by atoms with Gasteiger partial charge >= 0.3 is 0 Å². The highest BCUT2D eigenvalue weighted by Crippen LogP contribution is 2.15. The van der Waals surface area contributed by atoms with Crippen LogP contribution in [-0.4, -0.2) is 10.9 Å². The van der Waals surface area contributed by atoms with Gasteiger partial charge in [-0.15, -0.1) is 0 Å². The molecule has 0 radical (unpaired) electrons. The zero-order valence-electron chi connectivity index (χ0n) is 11.2. The first-order chi connectivity index (χ1) is 8.95. The number of aromatic nitrogens is 1. The predicted octanol–water partition coefficient (Wildman–Crippen LogP) is 2.55. The molecule has 2 N–H and O–H groups in total.